The van der Waals surface area contributed by atoms with Crippen LogP contribution in [0.1, 0.15) is 271 Å². The maximum absolute atomic E-state index is 12.4. The number of ether oxygens (including phenoxy) is 1. The first-order valence-electron chi connectivity index (χ1n) is 25.6. The van der Waals surface area contributed by atoms with Crippen molar-refractivity contribution in [2.45, 2.75) is 283 Å². The van der Waals surface area contributed by atoms with Crippen LogP contribution >= 0.6 is 0 Å². The van der Waals surface area contributed by atoms with E-state index in [1.807, 2.05) is 6.08 Å². The van der Waals surface area contributed by atoms with Gasteiger partial charge in [0, 0.05) is 12.8 Å². The molecule has 0 aliphatic heterocycles. The van der Waals surface area contributed by atoms with Crippen molar-refractivity contribution >= 4 is 11.9 Å². The molecule has 342 valence electrons. The normalized spacial score (nSPS) is 12.8. The molecule has 0 rings (SSSR count). The number of unbranched alkanes of at least 4 members (excludes halogenated alkanes) is 34. The summed E-state index contributed by atoms with van der Waals surface area (Å²) in [5, 5.41) is 23.1. The predicted molar refractivity (Wildman–Crippen MR) is 250 cm³/mol. The second-order valence-electron chi connectivity index (χ2n) is 17.5. The Morgan fingerprint density at radius 1 is 0.466 bits per heavy atom. The van der Waals surface area contributed by atoms with Gasteiger partial charge in [0.1, 0.15) is 0 Å². The van der Waals surface area contributed by atoms with Gasteiger partial charge in [0.05, 0.1) is 25.4 Å². The lowest BCUT2D eigenvalue weighted by atomic mass is 10.0. The van der Waals surface area contributed by atoms with Gasteiger partial charge in [-0.05, 0) is 51.4 Å². The number of esters is 1. The molecule has 0 aromatic heterocycles. The zero-order chi connectivity index (χ0) is 42.3. The Bertz CT molecular complexity index is 904. The second kappa shape index (κ2) is 48.0. The minimum Gasteiger partial charge on any atom is -0.466 e. The topological polar surface area (TPSA) is 95.9 Å². The van der Waals surface area contributed by atoms with E-state index in [9.17, 15) is 19.8 Å². The summed E-state index contributed by atoms with van der Waals surface area (Å²) in [6.45, 7) is 4.81. The molecule has 0 aromatic rings. The number of rotatable bonds is 47. The van der Waals surface area contributed by atoms with Gasteiger partial charge >= 0.3 is 5.97 Å². The van der Waals surface area contributed by atoms with Crippen molar-refractivity contribution in [2.24, 2.45) is 0 Å². The molecule has 0 heterocycles. The Hall–Kier alpha value is -1.66. The fourth-order valence-electron chi connectivity index (χ4n) is 7.73. The van der Waals surface area contributed by atoms with Crippen LogP contribution in [0.4, 0.5) is 0 Å². The lowest BCUT2D eigenvalue weighted by Gasteiger charge is -2.20. The van der Waals surface area contributed by atoms with E-state index < -0.39 is 12.1 Å². The summed E-state index contributed by atoms with van der Waals surface area (Å²) in [6, 6.07) is -0.645. The maximum Gasteiger partial charge on any atom is 0.305 e. The first-order chi connectivity index (χ1) is 28.5. The third-order valence-corrected chi connectivity index (χ3v) is 11.7. The van der Waals surface area contributed by atoms with E-state index in [0.717, 1.165) is 57.8 Å². The molecule has 0 bridgehead atoms. The van der Waals surface area contributed by atoms with Crippen molar-refractivity contribution in [2.75, 3.05) is 13.2 Å². The van der Waals surface area contributed by atoms with Crippen LogP contribution in [0.3, 0.4) is 0 Å². The number of aliphatic hydroxyl groups is 2. The highest BCUT2D eigenvalue weighted by atomic mass is 16.5. The van der Waals surface area contributed by atoms with E-state index in [1.54, 1.807) is 6.08 Å². The minimum atomic E-state index is -0.859. The van der Waals surface area contributed by atoms with Crippen LogP contribution in [-0.4, -0.2) is 47.4 Å². The molecule has 0 aliphatic rings. The summed E-state index contributed by atoms with van der Waals surface area (Å²) in [7, 11) is 0. The van der Waals surface area contributed by atoms with Gasteiger partial charge in [-0.1, -0.05) is 231 Å². The van der Waals surface area contributed by atoms with Gasteiger partial charge in [-0.3, -0.25) is 9.59 Å². The monoisotopic (exact) mass is 818 g/mol. The molecule has 0 saturated heterocycles. The van der Waals surface area contributed by atoms with Crippen molar-refractivity contribution in [3.05, 3.63) is 24.3 Å². The molecule has 0 saturated carbocycles. The standard InChI is InChI=1S/C52H99NO5/c1-3-5-7-9-11-13-15-16-17-18-19-20-21-22-23-25-28-32-36-40-44-50(55)49(48-54)53-51(56)45-41-37-33-29-26-27-31-35-39-43-47-58-52(57)46-42-38-34-30-24-14-12-10-8-6-4-2/h10,12,40,44,49-50,54-55H,3-9,11,13-39,41-43,45-48H2,1-2H3,(H,53,56)/b12-10-,44-40+. The number of hydrogen-bond acceptors (Lipinski definition) is 5. The molecule has 0 spiro atoms. The number of allylic oxidation sites excluding steroid dienone is 3. The molecule has 1 amide bonds. The second-order valence-corrected chi connectivity index (χ2v) is 17.5. The van der Waals surface area contributed by atoms with Gasteiger partial charge in [0.2, 0.25) is 5.91 Å². The third kappa shape index (κ3) is 43.9. The molecule has 2 atom stereocenters. The fraction of sp³-hybridized carbons (Fsp3) is 0.885. The van der Waals surface area contributed by atoms with Gasteiger partial charge in [-0.25, -0.2) is 0 Å². The Morgan fingerprint density at radius 2 is 0.828 bits per heavy atom. The van der Waals surface area contributed by atoms with Crippen LogP contribution < -0.4 is 5.32 Å². The molecule has 0 aliphatic carbocycles. The Kier molecular flexibility index (Phi) is 46.6. The van der Waals surface area contributed by atoms with Crippen molar-refractivity contribution in [3.8, 4) is 0 Å². The number of aliphatic hydroxyl groups excluding tert-OH is 2. The highest BCUT2D eigenvalue weighted by molar-refractivity contribution is 5.76. The molecule has 0 fully saturated rings. The smallest absolute Gasteiger partial charge is 0.305 e. The van der Waals surface area contributed by atoms with Crippen molar-refractivity contribution in [3.63, 3.8) is 0 Å². The molecule has 2 unspecified atom stereocenters. The Morgan fingerprint density at radius 3 is 1.28 bits per heavy atom. The summed E-state index contributed by atoms with van der Waals surface area (Å²) in [6.07, 6.45) is 56.0. The van der Waals surface area contributed by atoms with Crippen molar-refractivity contribution < 1.29 is 24.5 Å². The molecular formula is C52H99NO5. The van der Waals surface area contributed by atoms with Crippen LogP contribution in [0.15, 0.2) is 24.3 Å². The van der Waals surface area contributed by atoms with E-state index in [4.69, 9.17) is 4.74 Å². The summed E-state index contributed by atoms with van der Waals surface area (Å²) >= 11 is 0. The van der Waals surface area contributed by atoms with E-state index in [1.165, 1.54) is 186 Å². The predicted octanol–water partition coefficient (Wildman–Crippen LogP) is 15.1. The van der Waals surface area contributed by atoms with Gasteiger partial charge < -0.3 is 20.3 Å². The van der Waals surface area contributed by atoms with Crippen molar-refractivity contribution in [1.82, 2.24) is 5.32 Å². The highest BCUT2D eigenvalue weighted by Gasteiger charge is 2.18. The number of nitrogens with one attached hydrogen (secondary N) is 1. The minimum absolute atomic E-state index is 0.0318. The zero-order valence-electron chi connectivity index (χ0n) is 38.8. The van der Waals surface area contributed by atoms with Crippen molar-refractivity contribution in [1.29, 1.82) is 0 Å². The van der Waals surface area contributed by atoms with Crippen LogP contribution in [0.25, 0.3) is 0 Å². The SMILES string of the molecule is CCCC/C=C\CCCCCCCC(=O)OCCCCCCCCCCCCC(=O)NC(CO)C(O)/C=C/CCCCCCCCCCCCCCCCCCCC. The van der Waals surface area contributed by atoms with Crippen LogP contribution in [0.2, 0.25) is 0 Å². The van der Waals surface area contributed by atoms with Gasteiger partial charge in [0.15, 0.2) is 0 Å². The molecular weight excluding hydrogens is 719 g/mol. The molecule has 58 heavy (non-hydrogen) atoms. The van der Waals surface area contributed by atoms with E-state index in [2.05, 4.69) is 31.3 Å². The number of carbonyl (C=O) groups is 2. The van der Waals surface area contributed by atoms with Crippen LogP contribution in [-0.2, 0) is 14.3 Å². The molecule has 6 heteroatoms. The van der Waals surface area contributed by atoms with Gasteiger partial charge in [-0.15, -0.1) is 0 Å². The Labute approximate surface area is 361 Å². The van der Waals surface area contributed by atoms with Crippen LogP contribution in [0, 0.1) is 0 Å². The molecule has 6 nitrogen and oxygen atoms in total. The molecule has 3 N–H and O–H groups in total. The lowest BCUT2D eigenvalue weighted by Crippen LogP contribution is -2.45. The number of amides is 1. The third-order valence-electron chi connectivity index (χ3n) is 11.7. The first-order valence-corrected chi connectivity index (χ1v) is 25.6. The first kappa shape index (κ1) is 56.3. The Balaban J connectivity index is 3.53. The van der Waals surface area contributed by atoms with E-state index in [-0.39, 0.29) is 18.5 Å². The maximum atomic E-state index is 12.4. The van der Waals surface area contributed by atoms with E-state index in [0.29, 0.717) is 19.4 Å². The average molecular weight is 818 g/mol. The summed E-state index contributed by atoms with van der Waals surface area (Å²) < 4.78 is 5.43. The number of hydrogen-bond donors (Lipinski definition) is 3. The largest absolute Gasteiger partial charge is 0.466 e. The fourth-order valence-corrected chi connectivity index (χ4v) is 7.73. The lowest BCUT2D eigenvalue weighted by molar-refractivity contribution is -0.143. The zero-order valence-corrected chi connectivity index (χ0v) is 38.8. The summed E-state index contributed by atoms with van der Waals surface area (Å²) in [4.78, 5) is 24.4. The summed E-state index contributed by atoms with van der Waals surface area (Å²) in [5.41, 5.74) is 0. The van der Waals surface area contributed by atoms with E-state index >= 15 is 0 Å². The highest BCUT2D eigenvalue weighted by Crippen LogP contribution is 2.16. The van der Waals surface area contributed by atoms with Gasteiger partial charge in [-0.2, -0.15) is 0 Å². The number of carbonyl (C=O) groups excluding carboxylic acids is 2. The quantitative estimate of drug-likeness (QED) is 0.0323. The average Bonchev–Trinajstić information content (AvgIpc) is 3.22. The molecule has 0 radical (unpaired) electrons. The molecule has 0 aromatic carbocycles. The summed E-state index contributed by atoms with van der Waals surface area (Å²) in [5.74, 6) is -0.122. The van der Waals surface area contributed by atoms with Gasteiger partial charge in [0.25, 0.3) is 0 Å². The van der Waals surface area contributed by atoms with Crippen LogP contribution in [0.5, 0.6) is 0 Å².